The van der Waals surface area contributed by atoms with Crippen molar-refractivity contribution in [3.8, 4) is 0 Å². The maximum absolute atomic E-state index is 12.0. The van der Waals surface area contributed by atoms with E-state index >= 15 is 0 Å². The van der Waals surface area contributed by atoms with Gasteiger partial charge in [-0.15, -0.1) is 0 Å². The van der Waals surface area contributed by atoms with Gasteiger partial charge in [-0.3, -0.25) is 4.79 Å². The molecule has 0 aromatic heterocycles. The average Bonchev–Trinajstić information content (AvgIpc) is 2.61. The fourth-order valence-corrected chi connectivity index (χ4v) is 3.85. The SMILES string of the molecule is C[C@@H](O)[C@H]1C(=O)N2C(C(=O)[O-])=C3[C@@H](O)CCC[C@@H]3[C@H]12.[Na+]. The van der Waals surface area contributed by atoms with Crippen LogP contribution in [0.3, 0.4) is 0 Å². The number of rotatable bonds is 2. The van der Waals surface area contributed by atoms with Gasteiger partial charge in [0.25, 0.3) is 0 Å². The van der Waals surface area contributed by atoms with Crippen LogP contribution >= 0.6 is 0 Å². The molecule has 3 rings (SSSR count). The zero-order valence-corrected chi connectivity index (χ0v) is 13.6. The van der Waals surface area contributed by atoms with E-state index in [0.29, 0.717) is 12.0 Å². The molecular formula is C13H16NNaO5. The second kappa shape index (κ2) is 5.42. The smallest absolute Gasteiger partial charge is 0.543 e. The Balaban J connectivity index is 0.00000147. The number of hydrogen-bond donors (Lipinski definition) is 2. The van der Waals surface area contributed by atoms with Crippen molar-refractivity contribution in [3.63, 3.8) is 0 Å². The molecule has 2 aliphatic heterocycles. The van der Waals surface area contributed by atoms with Crippen molar-refractivity contribution >= 4 is 11.9 Å². The van der Waals surface area contributed by atoms with Gasteiger partial charge >= 0.3 is 29.6 Å². The van der Waals surface area contributed by atoms with Crippen molar-refractivity contribution in [3.05, 3.63) is 11.3 Å². The van der Waals surface area contributed by atoms with Crippen LogP contribution in [0.2, 0.25) is 0 Å². The number of β-lactam (4-membered cyclic amide) rings is 1. The number of amides is 1. The van der Waals surface area contributed by atoms with Gasteiger partial charge in [-0.05, 0) is 31.8 Å². The van der Waals surface area contributed by atoms with Crippen molar-refractivity contribution in [2.45, 2.75) is 44.4 Å². The summed E-state index contributed by atoms with van der Waals surface area (Å²) in [6, 6.07) is -0.328. The third-order valence-corrected chi connectivity index (χ3v) is 4.58. The van der Waals surface area contributed by atoms with Gasteiger partial charge in [0, 0.05) is 5.92 Å². The normalized spacial score (nSPS) is 36.8. The molecule has 0 bridgehead atoms. The van der Waals surface area contributed by atoms with Crippen molar-refractivity contribution in [1.82, 2.24) is 4.90 Å². The van der Waals surface area contributed by atoms with Gasteiger partial charge in [-0.2, -0.15) is 0 Å². The number of carboxylic acid groups (broad SMARTS) is 1. The number of aliphatic hydroxyl groups excluding tert-OH is 2. The second-order valence-electron chi connectivity index (χ2n) is 5.61. The number of carbonyl (C=O) groups is 2. The third kappa shape index (κ3) is 1.97. The van der Waals surface area contributed by atoms with Crippen LogP contribution in [0.1, 0.15) is 26.2 Å². The Labute approximate surface area is 138 Å². The van der Waals surface area contributed by atoms with Crippen LogP contribution in [-0.4, -0.2) is 45.2 Å². The van der Waals surface area contributed by atoms with Crippen LogP contribution < -0.4 is 34.7 Å². The molecule has 5 atom stereocenters. The topological polar surface area (TPSA) is 101 Å². The van der Waals surface area contributed by atoms with Gasteiger partial charge in [-0.1, -0.05) is 0 Å². The van der Waals surface area contributed by atoms with E-state index in [-0.39, 0.29) is 53.1 Å². The largest absolute Gasteiger partial charge is 1.00 e. The molecule has 2 heterocycles. The summed E-state index contributed by atoms with van der Waals surface area (Å²) >= 11 is 0. The molecule has 20 heavy (non-hydrogen) atoms. The van der Waals surface area contributed by atoms with Crippen LogP contribution in [0.25, 0.3) is 0 Å². The molecule has 6 nitrogen and oxygen atoms in total. The zero-order valence-electron chi connectivity index (χ0n) is 11.6. The molecular weight excluding hydrogens is 273 g/mol. The molecule has 1 aliphatic carbocycles. The van der Waals surface area contributed by atoms with E-state index in [2.05, 4.69) is 0 Å². The van der Waals surface area contributed by atoms with E-state index < -0.39 is 24.1 Å². The summed E-state index contributed by atoms with van der Waals surface area (Å²) in [5.41, 5.74) is 0.261. The molecule has 0 spiro atoms. The minimum Gasteiger partial charge on any atom is -0.543 e. The molecule has 0 aromatic carbocycles. The van der Waals surface area contributed by atoms with Gasteiger partial charge in [-0.25, -0.2) is 0 Å². The van der Waals surface area contributed by atoms with Crippen LogP contribution in [0.4, 0.5) is 0 Å². The Kier molecular flexibility index (Phi) is 4.33. The van der Waals surface area contributed by atoms with Crippen LogP contribution in [0, 0.1) is 11.8 Å². The van der Waals surface area contributed by atoms with E-state index in [1.807, 2.05) is 0 Å². The van der Waals surface area contributed by atoms with E-state index in [4.69, 9.17) is 0 Å². The van der Waals surface area contributed by atoms with Gasteiger partial charge in [0.05, 0.1) is 35.8 Å². The standard InChI is InChI=1S/C13H17NO5.Na/c1-5(15)8-10-6-3-2-4-7(16)9(6)11(13(18)19)14(10)12(8)17;/h5-8,10,15-16H,2-4H2,1H3,(H,18,19);/q;+1/p-1/t5-,6+,7+,8-,10-;/m1./s1. The minimum atomic E-state index is -1.42. The number of aliphatic hydroxyl groups is 2. The molecule has 3 aliphatic rings. The molecule has 2 fully saturated rings. The maximum Gasteiger partial charge on any atom is 1.00 e. The molecule has 7 heteroatoms. The average molecular weight is 289 g/mol. The fourth-order valence-electron chi connectivity index (χ4n) is 3.85. The summed E-state index contributed by atoms with van der Waals surface area (Å²) in [6.45, 7) is 1.54. The summed E-state index contributed by atoms with van der Waals surface area (Å²) in [5, 5.41) is 31.0. The Bertz CT molecular complexity index is 489. The van der Waals surface area contributed by atoms with Crippen LogP contribution in [0.15, 0.2) is 11.3 Å². The first-order chi connectivity index (χ1) is 8.95. The third-order valence-electron chi connectivity index (χ3n) is 4.58. The van der Waals surface area contributed by atoms with E-state index in [9.17, 15) is 24.9 Å². The fraction of sp³-hybridized carbons (Fsp3) is 0.692. The van der Waals surface area contributed by atoms with Crippen LogP contribution in [0.5, 0.6) is 0 Å². The number of aliphatic carboxylic acids is 1. The minimum absolute atomic E-state index is 0. The number of hydrogen-bond acceptors (Lipinski definition) is 5. The summed E-state index contributed by atoms with van der Waals surface area (Å²) in [7, 11) is 0. The molecule has 0 radical (unpaired) electrons. The Morgan fingerprint density at radius 2 is 2.10 bits per heavy atom. The Morgan fingerprint density at radius 1 is 1.45 bits per heavy atom. The van der Waals surface area contributed by atoms with Crippen molar-refractivity contribution in [2.75, 3.05) is 0 Å². The summed E-state index contributed by atoms with van der Waals surface area (Å²) < 4.78 is 0. The second-order valence-corrected chi connectivity index (χ2v) is 5.61. The Hall–Kier alpha value is -0.400. The molecule has 0 aromatic rings. The maximum atomic E-state index is 12.0. The molecule has 2 N–H and O–H groups in total. The summed E-state index contributed by atoms with van der Waals surface area (Å²) in [6.07, 6.45) is 0.410. The van der Waals surface area contributed by atoms with Gasteiger partial charge in [0.2, 0.25) is 5.91 Å². The molecule has 1 saturated heterocycles. The monoisotopic (exact) mass is 289 g/mol. The first kappa shape index (κ1) is 16.0. The molecule has 0 unspecified atom stereocenters. The van der Waals surface area contributed by atoms with Crippen molar-refractivity contribution in [2.24, 2.45) is 11.8 Å². The van der Waals surface area contributed by atoms with Gasteiger partial charge in [0.1, 0.15) is 0 Å². The molecule has 1 saturated carbocycles. The number of carbonyl (C=O) groups excluding carboxylic acids is 2. The van der Waals surface area contributed by atoms with Gasteiger partial charge in [0.15, 0.2) is 0 Å². The van der Waals surface area contributed by atoms with E-state index in [0.717, 1.165) is 12.8 Å². The predicted molar refractivity (Wildman–Crippen MR) is 61.2 cm³/mol. The van der Waals surface area contributed by atoms with Gasteiger partial charge < -0.3 is 25.0 Å². The first-order valence-corrected chi connectivity index (χ1v) is 6.59. The summed E-state index contributed by atoms with van der Waals surface area (Å²) in [4.78, 5) is 24.5. The van der Waals surface area contributed by atoms with Crippen LogP contribution in [-0.2, 0) is 9.59 Å². The first-order valence-electron chi connectivity index (χ1n) is 6.59. The predicted octanol–water partition coefficient (Wildman–Crippen LogP) is -4.62. The quantitative estimate of drug-likeness (QED) is 0.393. The Morgan fingerprint density at radius 3 is 2.65 bits per heavy atom. The van der Waals surface area contributed by atoms with E-state index in [1.165, 1.54) is 11.8 Å². The molecule has 104 valence electrons. The van der Waals surface area contributed by atoms with E-state index in [1.54, 1.807) is 0 Å². The summed E-state index contributed by atoms with van der Waals surface area (Å²) in [5.74, 6) is -2.52. The molecule has 1 amide bonds. The number of fused-ring (bicyclic) bond motifs is 3. The number of carboxylic acids is 1. The van der Waals surface area contributed by atoms with Crippen molar-refractivity contribution in [1.29, 1.82) is 0 Å². The zero-order chi connectivity index (χ0) is 13.9. The number of nitrogens with zero attached hydrogens (tertiary/aromatic N) is 1. The van der Waals surface area contributed by atoms with Crippen molar-refractivity contribution < 1.29 is 54.5 Å².